The smallest absolute Gasteiger partial charge is 0.228 e. The molecular weight excluding hydrogens is 342 g/mol. The Morgan fingerprint density at radius 2 is 1.89 bits per heavy atom. The SMILES string of the molecule is CC(C)N(Cc1ccccc1)C(=O)C1CC(=O)N(CCN2CCOCC2)C1. The predicted molar refractivity (Wildman–Crippen MR) is 104 cm³/mol. The summed E-state index contributed by atoms with van der Waals surface area (Å²) in [4.78, 5) is 31.6. The topological polar surface area (TPSA) is 53.1 Å². The Hall–Kier alpha value is -1.92. The van der Waals surface area contributed by atoms with E-state index in [1.165, 1.54) is 0 Å². The number of ether oxygens (including phenoxy) is 1. The molecule has 2 aliphatic rings. The van der Waals surface area contributed by atoms with Gasteiger partial charge < -0.3 is 14.5 Å². The fourth-order valence-corrected chi connectivity index (χ4v) is 3.77. The van der Waals surface area contributed by atoms with E-state index in [9.17, 15) is 9.59 Å². The molecule has 0 saturated carbocycles. The number of benzene rings is 1. The van der Waals surface area contributed by atoms with Gasteiger partial charge >= 0.3 is 0 Å². The minimum atomic E-state index is -0.228. The summed E-state index contributed by atoms with van der Waals surface area (Å²) in [6.45, 7) is 10.1. The summed E-state index contributed by atoms with van der Waals surface area (Å²) in [6.07, 6.45) is 0.333. The summed E-state index contributed by atoms with van der Waals surface area (Å²) in [5, 5.41) is 0. The van der Waals surface area contributed by atoms with Gasteiger partial charge in [0.05, 0.1) is 19.1 Å². The van der Waals surface area contributed by atoms with Crippen LogP contribution in [0.15, 0.2) is 30.3 Å². The maximum atomic E-state index is 13.1. The predicted octanol–water partition coefficient (Wildman–Crippen LogP) is 1.60. The lowest BCUT2D eigenvalue weighted by Gasteiger charge is -2.30. The van der Waals surface area contributed by atoms with Crippen molar-refractivity contribution in [2.75, 3.05) is 45.9 Å². The molecule has 1 unspecified atom stereocenters. The fourth-order valence-electron chi connectivity index (χ4n) is 3.77. The molecule has 1 aromatic rings. The van der Waals surface area contributed by atoms with Crippen LogP contribution in [0.3, 0.4) is 0 Å². The molecule has 6 nitrogen and oxygen atoms in total. The third-order valence-electron chi connectivity index (χ3n) is 5.46. The first-order chi connectivity index (χ1) is 13.0. The molecule has 0 N–H and O–H groups in total. The number of rotatable bonds is 7. The molecule has 2 heterocycles. The number of hydrogen-bond acceptors (Lipinski definition) is 4. The first-order valence-electron chi connectivity index (χ1n) is 9.97. The quantitative estimate of drug-likeness (QED) is 0.729. The maximum Gasteiger partial charge on any atom is 0.228 e. The first-order valence-corrected chi connectivity index (χ1v) is 9.97. The highest BCUT2D eigenvalue weighted by Crippen LogP contribution is 2.22. The van der Waals surface area contributed by atoms with Gasteiger partial charge in [0, 0.05) is 51.7 Å². The van der Waals surface area contributed by atoms with Gasteiger partial charge in [-0.25, -0.2) is 0 Å². The standard InChI is InChI=1S/C21H31N3O3/c1-17(2)24(15-18-6-4-3-5-7-18)21(26)19-14-20(25)23(16-19)9-8-22-10-12-27-13-11-22/h3-7,17,19H,8-16H2,1-2H3. The number of morpholine rings is 1. The molecule has 0 bridgehead atoms. The molecule has 3 rings (SSSR count). The maximum absolute atomic E-state index is 13.1. The highest BCUT2D eigenvalue weighted by molar-refractivity contribution is 5.89. The molecule has 27 heavy (non-hydrogen) atoms. The van der Waals surface area contributed by atoms with Gasteiger partial charge in [0.25, 0.3) is 0 Å². The second-order valence-electron chi connectivity index (χ2n) is 7.74. The van der Waals surface area contributed by atoms with Gasteiger partial charge in [-0.05, 0) is 19.4 Å². The fraction of sp³-hybridized carbons (Fsp3) is 0.619. The third-order valence-corrected chi connectivity index (χ3v) is 5.46. The van der Waals surface area contributed by atoms with Gasteiger partial charge in [0.2, 0.25) is 11.8 Å². The minimum Gasteiger partial charge on any atom is -0.379 e. The van der Waals surface area contributed by atoms with E-state index in [4.69, 9.17) is 4.74 Å². The molecule has 0 radical (unpaired) electrons. The first kappa shape index (κ1) is 19.8. The van der Waals surface area contributed by atoms with Gasteiger partial charge in [-0.15, -0.1) is 0 Å². The number of carbonyl (C=O) groups is 2. The van der Waals surface area contributed by atoms with E-state index in [2.05, 4.69) is 4.90 Å². The van der Waals surface area contributed by atoms with E-state index in [1.54, 1.807) is 0 Å². The second kappa shape index (κ2) is 9.33. The zero-order chi connectivity index (χ0) is 19.2. The van der Waals surface area contributed by atoms with Crippen molar-refractivity contribution in [1.82, 2.24) is 14.7 Å². The van der Waals surface area contributed by atoms with Crippen LogP contribution in [0.5, 0.6) is 0 Å². The Balaban J connectivity index is 1.56. The lowest BCUT2D eigenvalue weighted by atomic mass is 10.1. The van der Waals surface area contributed by atoms with Crippen LogP contribution in [-0.4, -0.2) is 78.5 Å². The molecule has 0 aliphatic carbocycles. The van der Waals surface area contributed by atoms with Crippen LogP contribution in [0.1, 0.15) is 25.8 Å². The number of nitrogens with zero attached hydrogens (tertiary/aromatic N) is 3. The summed E-state index contributed by atoms with van der Waals surface area (Å²) in [6, 6.07) is 10.1. The molecule has 2 saturated heterocycles. The largest absolute Gasteiger partial charge is 0.379 e. The molecule has 1 atom stereocenters. The zero-order valence-electron chi connectivity index (χ0n) is 16.5. The van der Waals surface area contributed by atoms with Crippen molar-refractivity contribution in [2.24, 2.45) is 5.92 Å². The monoisotopic (exact) mass is 373 g/mol. The molecule has 0 aromatic heterocycles. The van der Waals surface area contributed by atoms with Crippen molar-refractivity contribution in [1.29, 1.82) is 0 Å². The second-order valence-corrected chi connectivity index (χ2v) is 7.74. The lowest BCUT2D eigenvalue weighted by molar-refractivity contribution is -0.138. The van der Waals surface area contributed by atoms with Gasteiger partial charge in [0.15, 0.2) is 0 Å². The lowest BCUT2D eigenvalue weighted by Crippen LogP contribution is -2.43. The van der Waals surface area contributed by atoms with E-state index in [1.807, 2.05) is 54.0 Å². The number of likely N-dealkylation sites (tertiary alicyclic amines) is 1. The van der Waals surface area contributed by atoms with E-state index >= 15 is 0 Å². The van der Waals surface area contributed by atoms with Crippen molar-refractivity contribution in [3.8, 4) is 0 Å². The average Bonchev–Trinajstić information content (AvgIpc) is 3.06. The molecule has 148 valence electrons. The number of amides is 2. The molecule has 0 spiro atoms. The summed E-state index contributed by atoms with van der Waals surface area (Å²) >= 11 is 0. The summed E-state index contributed by atoms with van der Waals surface area (Å²) in [7, 11) is 0. The Labute approximate surface area is 162 Å². The summed E-state index contributed by atoms with van der Waals surface area (Å²) in [5.41, 5.74) is 1.12. The molecule has 2 amide bonds. The van der Waals surface area contributed by atoms with Crippen LogP contribution >= 0.6 is 0 Å². The molecule has 1 aromatic carbocycles. The third kappa shape index (κ3) is 5.30. The van der Waals surface area contributed by atoms with Crippen molar-refractivity contribution in [3.63, 3.8) is 0 Å². The molecule has 2 aliphatic heterocycles. The Kier molecular flexibility index (Phi) is 6.85. The molecule has 2 fully saturated rings. The van der Waals surface area contributed by atoms with E-state index in [-0.39, 0.29) is 23.8 Å². The van der Waals surface area contributed by atoms with Crippen LogP contribution in [0.2, 0.25) is 0 Å². The van der Waals surface area contributed by atoms with Crippen LogP contribution in [0, 0.1) is 5.92 Å². The van der Waals surface area contributed by atoms with Gasteiger partial charge in [-0.3, -0.25) is 14.5 Å². The Morgan fingerprint density at radius 3 is 2.56 bits per heavy atom. The van der Waals surface area contributed by atoms with E-state index < -0.39 is 0 Å². The molecule has 6 heteroatoms. The molecular formula is C21H31N3O3. The average molecular weight is 373 g/mol. The number of carbonyl (C=O) groups excluding carboxylic acids is 2. The van der Waals surface area contributed by atoms with Crippen LogP contribution in [-0.2, 0) is 20.9 Å². The highest BCUT2D eigenvalue weighted by atomic mass is 16.5. The Bertz CT molecular complexity index is 629. The van der Waals surface area contributed by atoms with Crippen molar-refractivity contribution < 1.29 is 14.3 Å². The summed E-state index contributed by atoms with van der Waals surface area (Å²) in [5.74, 6) is -0.0330. The van der Waals surface area contributed by atoms with Crippen molar-refractivity contribution >= 4 is 11.8 Å². The minimum absolute atomic E-state index is 0.0936. The van der Waals surface area contributed by atoms with Crippen LogP contribution in [0.25, 0.3) is 0 Å². The normalized spacial score (nSPS) is 21.1. The zero-order valence-corrected chi connectivity index (χ0v) is 16.5. The van der Waals surface area contributed by atoms with Crippen molar-refractivity contribution in [2.45, 2.75) is 32.9 Å². The van der Waals surface area contributed by atoms with Gasteiger partial charge in [-0.2, -0.15) is 0 Å². The van der Waals surface area contributed by atoms with Gasteiger partial charge in [-0.1, -0.05) is 30.3 Å². The van der Waals surface area contributed by atoms with E-state index in [0.29, 0.717) is 26.1 Å². The highest BCUT2D eigenvalue weighted by Gasteiger charge is 2.37. The summed E-state index contributed by atoms with van der Waals surface area (Å²) < 4.78 is 5.37. The number of hydrogen-bond donors (Lipinski definition) is 0. The Morgan fingerprint density at radius 1 is 1.19 bits per heavy atom. The van der Waals surface area contributed by atoms with Gasteiger partial charge in [0.1, 0.15) is 0 Å². The van der Waals surface area contributed by atoms with Crippen LogP contribution < -0.4 is 0 Å². The van der Waals surface area contributed by atoms with E-state index in [0.717, 1.165) is 38.4 Å². The van der Waals surface area contributed by atoms with Crippen LogP contribution in [0.4, 0.5) is 0 Å². The van der Waals surface area contributed by atoms with Crippen molar-refractivity contribution in [3.05, 3.63) is 35.9 Å².